The second-order valence-electron chi connectivity index (χ2n) is 11.2. The number of carboxylic acid groups (broad SMARTS) is 1. The Balaban J connectivity index is 1.59. The van der Waals surface area contributed by atoms with E-state index in [1.807, 2.05) is 13.8 Å². The first kappa shape index (κ1) is 32.2. The van der Waals surface area contributed by atoms with E-state index in [-0.39, 0.29) is 41.4 Å². The quantitative estimate of drug-likeness (QED) is 0.280. The van der Waals surface area contributed by atoms with Crippen molar-refractivity contribution in [1.29, 1.82) is 0 Å². The molecule has 2 fully saturated rings. The number of sulfonamides is 1. The zero-order chi connectivity index (χ0) is 30.4. The molecule has 2 saturated heterocycles. The van der Waals surface area contributed by atoms with Crippen LogP contribution in [0.4, 0.5) is 14.9 Å². The van der Waals surface area contributed by atoms with E-state index in [0.717, 1.165) is 12.0 Å². The van der Waals surface area contributed by atoms with Crippen LogP contribution in [-0.4, -0.2) is 66.8 Å². The van der Waals surface area contributed by atoms with Crippen molar-refractivity contribution in [2.45, 2.75) is 76.4 Å². The molecule has 2 amide bonds. The molecule has 0 aromatic heterocycles. The van der Waals surface area contributed by atoms with E-state index in [0.29, 0.717) is 43.8 Å². The minimum absolute atomic E-state index is 0.0287. The van der Waals surface area contributed by atoms with Crippen molar-refractivity contribution in [2.24, 2.45) is 5.92 Å². The SMILES string of the molecule is CCC(CC)C(c1ccc(Cl)cc1)C(NC(=O)O)C(=O)Nc1cccc(F)c1CCC1CNC2CCCS(=O)(=O)N1C2. The van der Waals surface area contributed by atoms with Crippen LogP contribution in [0.1, 0.15) is 63.0 Å². The summed E-state index contributed by atoms with van der Waals surface area (Å²) in [5.74, 6) is -1.55. The molecule has 0 aliphatic carbocycles. The van der Waals surface area contributed by atoms with Gasteiger partial charge in [-0.25, -0.2) is 17.6 Å². The highest BCUT2D eigenvalue weighted by atomic mass is 35.5. The lowest BCUT2D eigenvalue weighted by Crippen LogP contribution is -2.57. The Morgan fingerprint density at radius 1 is 1.17 bits per heavy atom. The molecule has 2 aromatic rings. The van der Waals surface area contributed by atoms with Gasteiger partial charge in [0.25, 0.3) is 0 Å². The van der Waals surface area contributed by atoms with Gasteiger partial charge in [0.1, 0.15) is 11.9 Å². The maximum Gasteiger partial charge on any atom is 0.405 e. The summed E-state index contributed by atoms with van der Waals surface area (Å²) in [5.41, 5.74) is 1.25. The Bertz CT molecular complexity index is 1360. The van der Waals surface area contributed by atoms with Gasteiger partial charge in [0.15, 0.2) is 0 Å². The molecule has 0 radical (unpaired) electrons. The standard InChI is InChI=1S/C30H40ClFN4O5S/c1-3-19(4-2)27(20-10-12-21(31)13-11-20)28(35-30(38)39)29(37)34-26-9-5-8-25(32)24(26)15-14-23-17-33-22-7-6-16-42(40,41)36(23)18-22/h5,8-13,19,22-23,27-28,33,35H,3-4,6-7,14-18H2,1-2H3,(H,34,37)(H,38,39). The van der Waals surface area contributed by atoms with Gasteiger partial charge in [0.2, 0.25) is 15.9 Å². The number of benzene rings is 2. The number of amides is 2. The van der Waals surface area contributed by atoms with E-state index in [1.165, 1.54) is 12.1 Å². The highest BCUT2D eigenvalue weighted by Crippen LogP contribution is 2.35. The number of carbonyl (C=O) groups is 2. The first-order valence-electron chi connectivity index (χ1n) is 14.6. The third-order valence-corrected chi connectivity index (χ3v) is 10.8. The summed E-state index contributed by atoms with van der Waals surface area (Å²) in [6.45, 7) is 4.86. The van der Waals surface area contributed by atoms with Crippen LogP contribution in [0.25, 0.3) is 0 Å². The fourth-order valence-corrected chi connectivity index (χ4v) is 8.30. The Morgan fingerprint density at radius 3 is 2.55 bits per heavy atom. The van der Waals surface area contributed by atoms with E-state index in [2.05, 4.69) is 16.0 Å². The molecule has 2 aliphatic heterocycles. The molecule has 4 N–H and O–H groups in total. The summed E-state index contributed by atoms with van der Waals surface area (Å²) in [5, 5.41) is 18.9. The number of nitrogens with zero attached hydrogens (tertiary/aromatic N) is 1. The third kappa shape index (κ3) is 7.61. The lowest BCUT2D eigenvalue weighted by molar-refractivity contribution is -0.119. The molecule has 2 aliphatic rings. The normalized spacial score (nSPS) is 23.0. The van der Waals surface area contributed by atoms with Crippen molar-refractivity contribution in [1.82, 2.24) is 14.9 Å². The van der Waals surface area contributed by atoms with Crippen LogP contribution in [0.2, 0.25) is 5.02 Å². The smallest absolute Gasteiger partial charge is 0.405 e. The summed E-state index contributed by atoms with van der Waals surface area (Å²) < 4.78 is 42.5. The fraction of sp³-hybridized carbons (Fsp3) is 0.533. The predicted octanol–water partition coefficient (Wildman–Crippen LogP) is 4.97. The molecule has 0 saturated carbocycles. The average Bonchev–Trinajstić information content (AvgIpc) is 3.06. The Morgan fingerprint density at radius 2 is 1.88 bits per heavy atom. The van der Waals surface area contributed by atoms with Crippen LogP contribution in [0.5, 0.6) is 0 Å². The second-order valence-corrected chi connectivity index (χ2v) is 13.6. The largest absolute Gasteiger partial charge is 0.465 e. The summed E-state index contributed by atoms with van der Waals surface area (Å²) in [4.78, 5) is 25.7. The van der Waals surface area contributed by atoms with Crippen LogP contribution in [-0.2, 0) is 21.2 Å². The van der Waals surface area contributed by atoms with Gasteiger partial charge in [0.05, 0.1) is 5.75 Å². The molecule has 2 heterocycles. The molecular formula is C30H40ClFN4O5S. The number of halogens is 2. The number of anilines is 1. The van der Waals surface area contributed by atoms with Crippen LogP contribution in [0, 0.1) is 11.7 Å². The van der Waals surface area contributed by atoms with Gasteiger partial charge >= 0.3 is 6.09 Å². The van der Waals surface area contributed by atoms with Gasteiger partial charge < -0.3 is 21.1 Å². The van der Waals surface area contributed by atoms with Gasteiger partial charge in [-0.3, -0.25) is 4.79 Å². The Labute approximate surface area is 252 Å². The molecule has 2 aromatic carbocycles. The van der Waals surface area contributed by atoms with Gasteiger partial charge in [-0.15, -0.1) is 0 Å². The van der Waals surface area contributed by atoms with Gasteiger partial charge in [-0.1, -0.05) is 56.5 Å². The van der Waals surface area contributed by atoms with Crippen LogP contribution in [0.3, 0.4) is 0 Å². The first-order valence-corrected chi connectivity index (χ1v) is 16.6. The molecule has 9 nitrogen and oxygen atoms in total. The molecule has 4 rings (SSSR count). The molecule has 230 valence electrons. The molecular weight excluding hydrogens is 583 g/mol. The monoisotopic (exact) mass is 622 g/mol. The molecule has 2 bridgehead atoms. The summed E-state index contributed by atoms with van der Waals surface area (Å²) in [7, 11) is -3.40. The molecule has 5 atom stereocenters. The third-order valence-electron chi connectivity index (χ3n) is 8.60. The Kier molecular flexibility index (Phi) is 10.9. The van der Waals surface area contributed by atoms with Gasteiger partial charge in [-0.2, -0.15) is 4.31 Å². The van der Waals surface area contributed by atoms with E-state index >= 15 is 4.39 Å². The van der Waals surface area contributed by atoms with Gasteiger partial charge in [-0.05, 0) is 61.4 Å². The van der Waals surface area contributed by atoms with E-state index in [4.69, 9.17) is 11.6 Å². The summed E-state index contributed by atoms with van der Waals surface area (Å²) in [6, 6.07) is 9.99. The maximum atomic E-state index is 15.2. The van der Waals surface area contributed by atoms with Crippen molar-refractivity contribution >= 4 is 39.3 Å². The van der Waals surface area contributed by atoms with E-state index in [9.17, 15) is 23.1 Å². The molecule has 12 heteroatoms. The van der Waals surface area contributed by atoms with E-state index in [1.54, 1.807) is 34.6 Å². The number of rotatable bonds is 11. The minimum atomic E-state index is -3.40. The van der Waals surface area contributed by atoms with Crippen molar-refractivity contribution in [3.8, 4) is 0 Å². The van der Waals surface area contributed by atoms with Crippen LogP contribution in [0.15, 0.2) is 42.5 Å². The maximum absolute atomic E-state index is 15.2. The van der Waals surface area contributed by atoms with Crippen molar-refractivity contribution in [2.75, 3.05) is 24.2 Å². The van der Waals surface area contributed by atoms with Crippen molar-refractivity contribution < 1.29 is 27.5 Å². The van der Waals surface area contributed by atoms with Crippen molar-refractivity contribution in [3.63, 3.8) is 0 Å². The molecule has 0 spiro atoms. The van der Waals surface area contributed by atoms with Gasteiger partial charge in [0, 0.05) is 47.4 Å². The number of fused-ring (bicyclic) bond motifs is 2. The highest BCUT2D eigenvalue weighted by Gasteiger charge is 2.39. The lowest BCUT2D eigenvalue weighted by Gasteiger charge is -2.37. The van der Waals surface area contributed by atoms with Crippen molar-refractivity contribution in [3.05, 3.63) is 64.4 Å². The number of piperazine rings is 1. The number of hydrogen-bond acceptors (Lipinski definition) is 5. The Hall–Kier alpha value is -2.73. The second kappa shape index (κ2) is 14.2. The zero-order valence-corrected chi connectivity index (χ0v) is 25.6. The topological polar surface area (TPSA) is 128 Å². The summed E-state index contributed by atoms with van der Waals surface area (Å²) >= 11 is 6.10. The first-order chi connectivity index (χ1) is 20.0. The molecule has 42 heavy (non-hydrogen) atoms. The fourth-order valence-electron chi connectivity index (χ4n) is 6.37. The molecule has 5 unspecified atom stereocenters. The zero-order valence-electron chi connectivity index (χ0n) is 24.0. The number of carbonyl (C=O) groups excluding carboxylic acids is 1. The minimum Gasteiger partial charge on any atom is -0.465 e. The van der Waals surface area contributed by atoms with Crippen LogP contribution >= 0.6 is 11.6 Å². The average molecular weight is 623 g/mol. The lowest BCUT2D eigenvalue weighted by atomic mass is 9.77. The number of hydrogen-bond donors (Lipinski definition) is 4. The predicted molar refractivity (Wildman–Crippen MR) is 162 cm³/mol. The number of nitrogens with one attached hydrogen (secondary N) is 3. The van der Waals surface area contributed by atoms with Crippen LogP contribution < -0.4 is 16.0 Å². The highest BCUT2D eigenvalue weighted by molar-refractivity contribution is 7.89. The summed E-state index contributed by atoms with van der Waals surface area (Å²) in [6.07, 6.45) is 2.01. The van der Waals surface area contributed by atoms with E-state index < -0.39 is 39.8 Å².